The summed E-state index contributed by atoms with van der Waals surface area (Å²) >= 11 is 0. The average Bonchev–Trinajstić information content (AvgIpc) is 3.26. The first-order valence-electron chi connectivity index (χ1n) is 11.2. The molecule has 1 N–H and O–H groups in total. The van der Waals surface area contributed by atoms with E-state index in [-0.39, 0.29) is 12.2 Å². The van der Waals surface area contributed by atoms with Crippen molar-refractivity contribution >= 4 is 5.91 Å². The Morgan fingerprint density at radius 3 is 2.38 bits per heavy atom. The first kappa shape index (κ1) is 24.0. The number of halogens is 3. The lowest BCUT2D eigenvalue weighted by Gasteiger charge is -2.32. The van der Waals surface area contributed by atoms with Gasteiger partial charge >= 0.3 is 6.18 Å². The Bertz CT molecular complexity index is 1130. The molecule has 0 unspecified atom stereocenters. The highest BCUT2D eigenvalue weighted by atomic mass is 19.4. The van der Waals surface area contributed by atoms with Crippen LogP contribution in [0.5, 0.6) is 0 Å². The van der Waals surface area contributed by atoms with Gasteiger partial charge in [-0.25, -0.2) is 4.68 Å². The van der Waals surface area contributed by atoms with E-state index >= 15 is 0 Å². The van der Waals surface area contributed by atoms with Gasteiger partial charge in [0.25, 0.3) is 5.91 Å². The highest BCUT2D eigenvalue weighted by molar-refractivity contribution is 5.95. The molecular formula is C25H28F3N5O. The van der Waals surface area contributed by atoms with Crippen LogP contribution in [0.15, 0.2) is 54.7 Å². The largest absolute Gasteiger partial charge is 0.434 e. The van der Waals surface area contributed by atoms with Crippen molar-refractivity contribution in [3.05, 3.63) is 82.7 Å². The first-order valence-corrected chi connectivity index (χ1v) is 11.2. The molecule has 1 amide bonds. The lowest BCUT2D eigenvalue weighted by molar-refractivity contribution is -0.143. The van der Waals surface area contributed by atoms with Gasteiger partial charge in [0.05, 0.1) is 17.4 Å². The molecule has 180 valence electrons. The van der Waals surface area contributed by atoms with Crippen LogP contribution in [0.2, 0.25) is 0 Å². The van der Waals surface area contributed by atoms with Crippen LogP contribution < -0.4 is 5.32 Å². The van der Waals surface area contributed by atoms with Crippen molar-refractivity contribution in [1.29, 1.82) is 0 Å². The lowest BCUT2D eigenvalue weighted by Crippen LogP contribution is -2.43. The van der Waals surface area contributed by atoms with E-state index in [1.807, 2.05) is 31.2 Å². The second-order valence-corrected chi connectivity index (χ2v) is 8.73. The standard InChI is InChI=1S/C25H28F3N5O/c1-18-6-8-21(9-7-18)33-23(25(26,27)28)22(16-30-33)24(34)29-15-19-4-3-5-20(14-19)17-32-12-10-31(2)11-13-32/h3-9,14,16H,10-13,15,17H2,1-2H3,(H,29,34). The van der Waals surface area contributed by atoms with Gasteiger partial charge in [0.15, 0.2) is 5.69 Å². The third-order valence-corrected chi connectivity index (χ3v) is 6.01. The number of amides is 1. The third kappa shape index (κ3) is 5.66. The third-order valence-electron chi connectivity index (χ3n) is 6.01. The molecule has 0 saturated carbocycles. The van der Waals surface area contributed by atoms with Crippen LogP contribution in [-0.4, -0.2) is 58.7 Å². The molecule has 0 spiro atoms. The monoisotopic (exact) mass is 471 g/mol. The number of nitrogens with zero attached hydrogens (tertiary/aromatic N) is 4. The molecule has 1 fully saturated rings. The number of piperazine rings is 1. The van der Waals surface area contributed by atoms with Gasteiger partial charge in [-0.3, -0.25) is 9.69 Å². The normalized spacial score (nSPS) is 15.4. The quantitative estimate of drug-likeness (QED) is 0.593. The zero-order valence-corrected chi connectivity index (χ0v) is 19.3. The summed E-state index contributed by atoms with van der Waals surface area (Å²) in [6, 6.07) is 14.3. The lowest BCUT2D eigenvalue weighted by atomic mass is 10.1. The number of aromatic nitrogens is 2. The molecule has 1 aliphatic heterocycles. The van der Waals surface area contributed by atoms with Gasteiger partial charge in [0.2, 0.25) is 0 Å². The molecule has 4 rings (SSSR count). The summed E-state index contributed by atoms with van der Waals surface area (Å²) in [5.74, 6) is -0.810. The van der Waals surface area contributed by atoms with E-state index in [4.69, 9.17) is 0 Å². The van der Waals surface area contributed by atoms with E-state index in [2.05, 4.69) is 27.3 Å². The number of hydrogen-bond donors (Lipinski definition) is 1. The topological polar surface area (TPSA) is 53.4 Å². The molecular weight excluding hydrogens is 443 g/mol. The molecule has 34 heavy (non-hydrogen) atoms. The number of hydrogen-bond acceptors (Lipinski definition) is 4. The molecule has 0 radical (unpaired) electrons. The zero-order chi connectivity index (χ0) is 24.3. The SMILES string of the molecule is Cc1ccc(-n2ncc(C(=O)NCc3cccc(CN4CCN(C)CC4)c3)c2C(F)(F)F)cc1. The van der Waals surface area contributed by atoms with E-state index in [9.17, 15) is 18.0 Å². The van der Waals surface area contributed by atoms with Crippen molar-refractivity contribution in [3.8, 4) is 5.69 Å². The van der Waals surface area contributed by atoms with Crippen LogP contribution in [0.1, 0.15) is 32.7 Å². The molecule has 2 heterocycles. The van der Waals surface area contributed by atoms with Crippen LogP contribution in [0.3, 0.4) is 0 Å². The van der Waals surface area contributed by atoms with E-state index < -0.39 is 23.3 Å². The second kappa shape index (κ2) is 9.99. The Balaban J connectivity index is 1.47. The van der Waals surface area contributed by atoms with Crippen molar-refractivity contribution in [1.82, 2.24) is 24.9 Å². The number of carbonyl (C=O) groups excluding carboxylic acids is 1. The predicted octanol–water partition coefficient (Wildman–Crippen LogP) is 3.88. The van der Waals surface area contributed by atoms with Crippen molar-refractivity contribution in [2.75, 3.05) is 33.2 Å². The highest BCUT2D eigenvalue weighted by Gasteiger charge is 2.40. The van der Waals surface area contributed by atoms with Crippen LogP contribution >= 0.6 is 0 Å². The Morgan fingerprint density at radius 2 is 1.71 bits per heavy atom. The predicted molar refractivity (Wildman–Crippen MR) is 124 cm³/mol. The second-order valence-electron chi connectivity index (χ2n) is 8.73. The number of benzene rings is 2. The summed E-state index contributed by atoms with van der Waals surface area (Å²) in [4.78, 5) is 17.4. The fraction of sp³-hybridized carbons (Fsp3) is 0.360. The number of nitrogens with one attached hydrogen (secondary N) is 1. The van der Waals surface area contributed by atoms with Crippen molar-refractivity contribution in [3.63, 3.8) is 0 Å². The van der Waals surface area contributed by atoms with E-state index in [0.29, 0.717) is 0 Å². The minimum absolute atomic E-state index is 0.127. The Kier molecular flexibility index (Phi) is 7.04. The highest BCUT2D eigenvalue weighted by Crippen LogP contribution is 2.33. The van der Waals surface area contributed by atoms with Gasteiger partial charge < -0.3 is 10.2 Å². The smallest absolute Gasteiger partial charge is 0.348 e. The van der Waals surface area contributed by atoms with E-state index in [0.717, 1.165) is 60.3 Å². The van der Waals surface area contributed by atoms with Gasteiger partial charge in [-0.15, -0.1) is 0 Å². The fourth-order valence-electron chi connectivity index (χ4n) is 4.05. The molecule has 1 saturated heterocycles. The van der Waals surface area contributed by atoms with E-state index in [1.54, 1.807) is 24.3 Å². The Labute approximate surface area is 197 Å². The van der Waals surface area contributed by atoms with Crippen molar-refractivity contribution in [2.24, 2.45) is 0 Å². The Hall–Kier alpha value is -3.17. The van der Waals surface area contributed by atoms with Crippen LogP contribution in [-0.2, 0) is 19.3 Å². The Morgan fingerprint density at radius 1 is 1.03 bits per heavy atom. The first-order chi connectivity index (χ1) is 16.2. The molecule has 9 heteroatoms. The summed E-state index contributed by atoms with van der Waals surface area (Å²) < 4.78 is 42.4. The minimum atomic E-state index is -4.74. The van der Waals surface area contributed by atoms with Gasteiger partial charge in [-0.2, -0.15) is 18.3 Å². The van der Waals surface area contributed by atoms with Gasteiger partial charge in [-0.1, -0.05) is 42.0 Å². The maximum absolute atomic E-state index is 13.9. The fourth-order valence-corrected chi connectivity index (χ4v) is 4.05. The average molecular weight is 472 g/mol. The molecule has 0 aliphatic carbocycles. The number of carbonyl (C=O) groups is 1. The van der Waals surface area contributed by atoms with Crippen molar-refractivity contribution < 1.29 is 18.0 Å². The summed E-state index contributed by atoms with van der Waals surface area (Å²) in [5, 5.41) is 6.50. The molecule has 3 aromatic rings. The van der Waals surface area contributed by atoms with Gasteiger partial charge in [-0.05, 0) is 37.2 Å². The number of aryl methyl sites for hydroxylation is 1. The molecule has 2 aromatic carbocycles. The van der Waals surface area contributed by atoms with Crippen molar-refractivity contribution in [2.45, 2.75) is 26.2 Å². The van der Waals surface area contributed by atoms with E-state index in [1.165, 1.54) is 0 Å². The zero-order valence-electron chi connectivity index (χ0n) is 19.3. The van der Waals surface area contributed by atoms with Crippen LogP contribution in [0, 0.1) is 6.92 Å². The molecule has 1 aliphatic rings. The molecule has 6 nitrogen and oxygen atoms in total. The maximum Gasteiger partial charge on any atom is 0.434 e. The van der Waals surface area contributed by atoms with Crippen LogP contribution in [0.4, 0.5) is 13.2 Å². The molecule has 0 atom stereocenters. The number of rotatable bonds is 6. The summed E-state index contributed by atoms with van der Waals surface area (Å²) in [5.41, 5.74) is 1.52. The summed E-state index contributed by atoms with van der Waals surface area (Å²) in [6.07, 6.45) is -3.77. The maximum atomic E-state index is 13.9. The van der Waals surface area contributed by atoms with Gasteiger partial charge in [0.1, 0.15) is 0 Å². The number of likely N-dealkylation sites (N-methyl/N-ethyl adjacent to an activating group) is 1. The molecule has 0 bridgehead atoms. The minimum Gasteiger partial charge on any atom is -0.348 e. The van der Waals surface area contributed by atoms with Gasteiger partial charge in [0, 0.05) is 39.3 Å². The summed E-state index contributed by atoms with van der Waals surface area (Å²) in [6.45, 7) is 6.79. The number of alkyl halides is 3. The molecule has 1 aromatic heterocycles. The summed E-state index contributed by atoms with van der Waals surface area (Å²) in [7, 11) is 2.11. The van der Waals surface area contributed by atoms with Crippen LogP contribution in [0.25, 0.3) is 5.69 Å².